The molecule has 3 aromatic heterocycles. The summed E-state index contributed by atoms with van der Waals surface area (Å²) in [5.74, 6) is 0.183. The number of nitrogens with one attached hydrogen (secondary N) is 3. The van der Waals surface area contributed by atoms with Crippen LogP contribution in [0.4, 0.5) is 5.82 Å². The fourth-order valence-corrected chi connectivity index (χ4v) is 2.65. The van der Waals surface area contributed by atoms with E-state index >= 15 is 0 Å². The monoisotopic (exact) mass is 340 g/mol. The number of pyridine rings is 2. The minimum Gasteiger partial charge on any atom is -0.355 e. The van der Waals surface area contributed by atoms with E-state index in [1.54, 1.807) is 19.3 Å². The van der Waals surface area contributed by atoms with E-state index in [1.165, 1.54) is 4.40 Å². The van der Waals surface area contributed by atoms with E-state index in [1.807, 2.05) is 32.9 Å². The number of anilines is 1. The Morgan fingerprint density at radius 2 is 2.16 bits per heavy atom. The molecule has 3 heterocycles. The van der Waals surface area contributed by atoms with Crippen molar-refractivity contribution in [1.82, 2.24) is 14.7 Å². The minimum atomic E-state index is -0.283. The molecule has 7 heteroatoms. The molecule has 0 unspecified atom stereocenters. The van der Waals surface area contributed by atoms with Crippen molar-refractivity contribution in [1.29, 1.82) is 0 Å². The predicted molar refractivity (Wildman–Crippen MR) is 97.0 cm³/mol. The van der Waals surface area contributed by atoms with Crippen LogP contribution in [0.15, 0.2) is 29.2 Å². The second kappa shape index (κ2) is 6.51. The van der Waals surface area contributed by atoms with E-state index in [4.69, 9.17) is 0 Å². The number of aromatic amines is 1. The Bertz CT molecular complexity index is 1030. The molecule has 0 saturated heterocycles. The van der Waals surface area contributed by atoms with Gasteiger partial charge in [-0.2, -0.15) is 4.40 Å². The second-order valence-electron chi connectivity index (χ2n) is 6.21. The Morgan fingerprint density at radius 1 is 1.40 bits per heavy atom. The molecule has 3 N–H and O–H groups in total. The number of hydrogen-bond donors (Lipinski definition) is 2. The molecule has 130 valence electrons. The zero-order chi connectivity index (χ0) is 18.1. The molecule has 0 aliphatic heterocycles. The Labute approximate surface area is 145 Å². The van der Waals surface area contributed by atoms with E-state index < -0.39 is 0 Å². The first-order chi connectivity index (χ1) is 11.9. The van der Waals surface area contributed by atoms with E-state index in [2.05, 4.69) is 20.6 Å². The molecule has 0 saturated carbocycles. The number of aryl methyl sites for hydroxylation is 1. The van der Waals surface area contributed by atoms with Crippen LogP contribution in [-0.2, 0) is 0 Å². The molecule has 0 spiro atoms. The van der Waals surface area contributed by atoms with Crippen molar-refractivity contribution in [2.75, 3.05) is 12.4 Å². The van der Waals surface area contributed by atoms with Gasteiger partial charge in [-0.05, 0) is 38.0 Å². The summed E-state index contributed by atoms with van der Waals surface area (Å²) in [4.78, 5) is 32.8. The van der Waals surface area contributed by atoms with E-state index in [0.717, 1.165) is 12.0 Å². The third-order valence-electron chi connectivity index (χ3n) is 4.28. The largest absolute Gasteiger partial charge is 0.355 e. The highest BCUT2D eigenvalue weighted by molar-refractivity contribution is 6.01. The summed E-state index contributed by atoms with van der Waals surface area (Å²) in [7, 11) is 1.56. The average molecular weight is 340 g/mol. The van der Waals surface area contributed by atoms with Gasteiger partial charge in [0.15, 0.2) is 0 Å². The van der Waals surface area contributed by atoms with Crippen LogP contribution in [0.5, 0.6) is 0 Å². The molecule has 0 fully saturated rings. The average Bonchev–Trinajstić information content (AvgIpc) is 2.61. The topological polar surface area (TPSA) is 89.6 Å². The molecular weight excluding hydrogens is 318 g/mol. The second-order valence-corrected chi connectivity index (χ2v) is 6.21. The molecule has 0 radical (unpaired) electrons. The third kappa shape index (κ3) is 3.05. The van der Waals surface area contributed by atoms with E-state index in [0.29, 0.717) is 28.1 Å². The van der Waals surface area contributed by atoms with E-state index in [9.17, 15) is 9.59 Å². The van der Waals surface area contributed by atoms with Gasteiger partial charge in [-0.25, -0.2) is 9.78 Å². The summed E-state index contributed by atoms with van der Waals surface area (Å²) in [6.07, 6.45) is 2.65. The molecule has 0 aliphatic carbocycles. The summed E-state index contributed by atoms with van der Waals surface area (Å²) in [5, 5.41) is 6.22. The first kappa shape index (κ1) is 16.9. The maximum atomic E-state index is 12.8. The zero-order valence-electron chi connectivity index (χ0n) is 14.8. The SMILES string of the molecule is CC[C@@H](C)Nc1nc2[nH+]c3ccc(C)cn3c(=O)c2cc1C(=O)NC. The van der Waals surface area contributed by atoms with Crippen LogP contribution in [-0.4, -0.2) is 28.4 Å². The first-order valence-electron chi connectivity index (χ1n) is 8.32. The number of amides is 1. The summed E-state index contributed by atoms with van der Waals surface area (Å²) in [6.45, 7) is 5.98. The van der Waals surface area contributed by atoms with Gasteiger partial charge in [0, 0.05) is 19.2 Å². The maximum Gasteiger partial charge on any atom is 0.325 e. The van der Waals surface area contributed by atoms with Crippen LogP contribution < -0.4 is 21.2 Å². The lowest BCUT2D eigenvalue weighted by Crippen LogP contribution is -2.28. The van der Waals surface area contributed by atoms with Crippen molar-refractivity contribution < 1.29 is 9.78 Å². The van der Waals surface area contributed by atoms with E-state index in [-0.39, 0.29) is 17.5 Å². The zero-order valence-corrected chi connectivity index (χ0v) is 14.8. The van der Waals surface area contributed by atoms with Gasteiger partial charge in [0.1, 0.15) is 10.9 Å². The number of carbonyl (C=O) groups is 1. The Balaban J connectivity index is 2.32. The molecule has 1 atom stereocenters. The molecular formula is C18H22N5O2+. The highest BCUT2D eigenvalue weighted by Gasteiger charge is 2.22. The molecule has 3 rings (SSSR count). The van der Waals surface area contributed by atoms with Crippen LogP contribution >= 0.6 is 0 Å². The van der Waals surface area contributed by atoms with Crippen LogP contribution in [0, 0.1) is 6.92 Å². The van der Waals surface area contributed by atoms with Crippen molar-refractivity contribution in [3.8, 4) is 0 Å². The summed E-state index contributed by atoms with van der Waals surface area (Å²) in [5.41, 5.74) is 2.22. The molecule has 25 heavy (non-hydrogen) atoms. The number of H-pyrrole nitrogens is 1. The van der Waals surface area contributed by atoms with Crippen LogP contribution in [0.25, 0.3) is 16.7 Å². The lowest BCUT2D eigenvalue weighted by molar-refractivity contribution is -0.319. The Morgan fingerprint density at radius 3 is 2.84 bits per heavy atom. The number of aromatic nitrogens is 3. The molecule has 7 nitrogen and oxygen atoms in total. The number of rotatable bonds is 4. The quantitative estimate of drug-likeness (QED) is 0.705. The normalized spacial score (nSPS) is 12.3. The van der Waals surface area contributed by atoms with Crippen molar-refractivity contribution in [3.05, 3.63) is 45.9 Å². The van der Waals surface area contributed by atoms with Crippen molar-refractivity contribution in [3.63, 3.8) is 0 Å². The van der Waals surface area contributed by atoms with Gasteiger partial charge < -0.3 is 10.6 Å². The molecule has 3 aromatic rings. The van der Waals surface area contributed by atoms with Gasteiger partial charge in [-0.3, -0.25) is 4.79 Å². The highest BCUT2D eigenvalue weighted by atomic mass is 16.1. The van der Waals surface area contributed by atoms with Crippen molar-refractivity contribution in [2.24, 2.45) is 0 Å². The number of hydrogen-bond acceptors (Lipinski definition) is 4. The summed E-state index contributed by atoms with van der Waals surface area (Å²) < 4.78 is 1.54. The smallest absolute Gasteiger partial charge is 0.325 e. The van der Waals surface area contributed by atoms with Gasteiger partial charge in [0.2, 0.25) is 11.5 Å². The standard InChI is InChI=1S/C18H21N5O2/c1-5-11(3)20-15-12(17(24)19-4)8-13-16(22-15)21-14-7-6-10(2)9-23(14)18(13)25/h6-9,11H,5H2,1-4H3,(H,19,24)(H,20,22)/p+1/t11-/m1/s1. The first-order valence-corrected chi connectivity index (χ1v) is 8.32. The summed E-state index contributed by atoms with van der Waals surface area (Å²) in [6, 6.07) is 5.51. The van der Waals surface area contributed by atoms with Crippen LogP contribution in [0.2, 0.25) is 0 Å². The molecule has 0 aliphatic rings. The van der Waals surface area contributed by atoms with Gasteiger partial charge in [-0.1, -0.05) is 11.9 Å². The Kier molecular flexibility index (Phi) is 4.39. The van der Waals surface area contributed by atoms with Crippen molar-refractivity contribution >= 4 is 28.4 Å². The van der Waals surface area contributed by atoms with Gasteiger partial charge in [0.25, 0.3) is 11.6 Å². The highest BCUT2D eigenvalue weighted by Crippen LogP contribution is 2.18. The molecule has 1 amide bonds. The lowest BCUT2D eigenvalue weighted by atomic mass is 10.1. The number of carbonyl (C=O) groups excluding carboxylic acids is 1. The van der Waals surface area contributed by atoms with Crippen LogP contribution in [0.1, 0.15) is 36.2 Å². The minimum absolute atomic E-state index is 0.151. The number of nitrogens with zero attached hydrogens (tertiary/aromatic N) is 2. The maximum absolute atomic E-state index is 12.8. The lowest BCUT2D eigenvalue weighted by Gasteiger charge is -2.13. The number of fused-ring (bicyclic) bond motifs is 2. The van der Waals surface area contributed by atoms with Gasteiger partial charge in [-0.15, -0.1) is 0 Å². The molecule has 0 bridgehead atoms. The summed E-state index contributed by atoms with van der Waals surface area (Å²) >= 11 is 0. The fraction of sp³-hybridized carbons (Fsp3) is 0.333. The predicted octanol–water partition coefficient (Wildman–Crippen LogP) is 1.54. The van der Waals surface area contributed by atoms with Gasteiger partial charge in [0.05, 0.1) is 6.20 Å². The Hall–Kier alpha value is -2.96. The van der Waals surface area contributed by atoms with Gasteiger partial charge >= 0.3 is 5.56 Å². The molecule has 0 aromatic carbocycles. The fourth-order valence-electron chi connectivity index (χ4n) is 2.65. The third-order valence-corrected chi connectivity index (χ3v) is 4.28. The van der Waals surface area contributed by atoms with Crippen LogP contribution in [0.3, 0.4) is 0 Å². The van der Waals surface area contributed by atoms with Crippen molar-refractivity contribution in [2.45, 2.75) is 33.2 Å².